The lowest BCUT2D eigenvalue weighted by molar-refractivity contribution is -0.130. The van der Waals surface area contributed by atoms with Crippen molar-refractivity contribution in [2.75, 3.05) is 130 Å². The number of nitrogens with one attached hydrogen (secondary N) is 3. The van der Waals surface area contributed by atoms with E-state index in [9.17, 15) is 28.5 Å². The van der Waals surface area contributed by atoms with Gasteiger partial charge in [0.25, 0.3) is 0 Å². The lowest BCUT2D eigenvalue weighted by Gasteiger charge is -2.39. The Bertz CT molecular complexity index is 1570. The van der Waals surface area contributed by atoms with Crippen molar-refractivity contribution in [1.29, 1.82) is 0 Å². The minimum Gasteiger partial charge on any atom is -0.461 e. The number of primary amides is 1. The number of nitrogens with zero attached hydrogens (tertiary/aromatic N) is 8. The quantitative estimate of drug-likeness (QED) is 0.0480. The predicted octanol–water partition coefficient (Wildman–Crippen LogP) is 0.256. The Labute approximate surface area is 348 Å². The van der Waals surface area contributed by atoms with Crippen LogP contribution < -0.4 is 36.2 Å². The normalized spacial score (nSPS) is 13.8. The summed E-state index contributed by atoms with van der Waals surface area (Å²) in [4.78, 5) is 78.0. The third-order valence-corrected chi connectivity index (χ3v) is 12.2. The van der Waals surface area contributed by atoms with E-state index in [0.717, 1.165) is 12.8 Å². The van der Waals surface area contributed by atoms with E-state index in [0.29, 0.717) is 90.3 Å². The number of unbranched alkanes of at least 4 members (excludes halogenated alkanes) is 3. The van der Waals surface area contributed by atoms with Crippen molar-refractivity contribution in [1.82, 2.24) is 45.1 Å². The van der Waals surface area contributed by atoms with Crippen molar-refractivity contribution in [3.63, 3.8) is 0 Å². The van der Waals surface area contributed by atoms with Gasteiger partial charge in [0, 0.05) is 85.8 Å². The molecule has 0 aromatic carbocycles. The molecule has 332 valence electrons. The molecule has 0 aliphatic carbocycles. The summed E-state index contributed by atoms with van der Waals surface area (Å²) in [5, 5.41) is 8.08. The standard InChI is InChI=1S/C37H65N12O9P/c1-7-17-39-31(51)14-9-8-12-18-41-37(54)58-25-13-20-46(4)33(53)16-11-10-15-32(52)40-19-26-56-27-28-57-36-43-34(47(5)29-30(38)50)42-35(44-36)48-21-23-49(24-22-48)59(6,55)45(2)3/h1H,8-29H2,2-6H3,(H2,38,50)(H,39,51)(H,40,52)(H,41,54). The van der Waals surface area contributed by atoms with Crippen LogP contribution in [0.1, 0.15) is 57.8 Å². The topological polar surface area (TPSA) is 247 Å². The van der Waals surface area contributed by atoms with E-state index in [4.69, 9.17) is 26.4 Å². The molecule has 2 heterocycles. The van der Waals surface area contributed by atoms with Crippen LogP contribution in [-0.4, -0.2) is 179 Å². The highest BCUT2D eigenvalue weighted by Crippen LogP contribution is 2.47. The van der Waals surface area contributed by atoms with Crippen LogP contribution in [0.25, 0.3) is 0 Å². The fourth-order valence-electron chi connectivity index (χ4n) is 5.59. The third-order valence-electron chi connectivity index (χ3n) is 9.24. The van der Waals surface area contributed by atoms with Crippen LogP contribution in [0.3, 0.4) is 0 Å². The Morgan fingerprint density at radius 1 is 0.814 bits per heavy atom. The molecule has 1 fully saturated rings. The molecule has 0 radical (unpaired) electrons. The number of hydrogen-bond donors (Lipinski definition) is 4. The zero-order chi connectivity index (χ0) is 43.6. The number of aromatic nitrogens is 3. The number of rotatable bonds is 29. The largest absolute Gasteiger partial charge is 0.461 e. The van der Waals surface area contributed by atoms with Crippen molar-refractivity contribution in [2.24, 2.45) is 5.73 Å². The lowest BCUT2D eigenvalue weighted by atomic mass is 10.1. The van der Waals surface area contributed by atoms with Crippen LogP contribution in [0.2, 0.25) is 0 Å². The third kappa shape index (κ3) is 20.7. The first-order chi connectivity index (χ1) is 28.1. The summed E-state index contributed by atoms with van der Waals surface area (Å²) < 4.78 is 33.3. The van der Waals surface area contributed by atoms with Gasteiger partial charge in [-0.3, -0.25) is 23.7 Å². The van der Waals surface area contributed by atoms with Crippen LogP contribution in [0, 0.1) is 12.3 Å². The van der Waals surface area contributed by atoms with Crippen molar-refractivity contribution < 1.29 is 42.7 Å². The number of carbonyl (C=O) groups is 5. The Morgan fingerprint density at radius 3 is 2.17 bits per heavy atom. The lowest BCUT2D eigenvalue weighted by Crippen LogP contribution is -2.47. The molecule has 22 heteroatoms. The number of likely N-dealkylation sites (N-methyl/N-ethyl adjacent to an activating group) is 1. The molecule has 0 spiro atoms. The van der Waals surface area contributed by atoms with E-state index < -0.39 is 19.4 Å². The molecule has 5 amide bonds. The summed E-state index contributed by atoms with van der Waals surface area (Å²) in [5.74, 6) is 2.11. The van der Waals surface area contributed by atoms with Crippen molar-refractivity contribution in [3.05, 3.63) is 0 Å². The second-order valence-electron chi connectivity index (χ2n) is 14.2. The average molecular weight is 853 g/mol. The molecule has 1 aliphatic heterocycles. The number of amides is 5. The minimum absolute atomic E-state index is 0.0479. The smallest absolute Gasteiger partial charge is 0.407 e. The van der Waals surface area contributed by atoms with Crippen LogP contribution in [0.4, 0.5) is 16.7 Å². The molecule has 1 aromatic rings. The van der Waals surface area contributed by atoms with Crippen LogP contribution in [0.5, 0.6) is 6.01 Å². The predicted molar refractivity (Wildman–Crippen MR) is 223 cm³/mol. The summed E-state index contributed by atoms with van der Waals surface area (Å²) in [6.45, 7) is 5.96. The van der Waals surface area contributed by atoms with E-state index in [2.05, 4.69) is 36.8 Å². The van der Waals surface area contributed by atoms with E-state index >= 15 is 0 Å². The molecular formula is C37H65N12O9P. The maximum Gasteiger partial charge on any atom is 0.407 e. The molecule has 1 saturated heterocycles. The fourth-order valence-corrected chi connectivity index (χ4v) is 7.02. The first-order valence-electron chi connectivity index (χ1n) is 20.0. The summed E-state index contributed by atoms with van der Waals surface area (Å²) in [5.41, 5.74) is 5.38. The highest BCUT2D eigenvalue weighted by atomic mass is 31.2. The van der Waals surface area contributed by atoms with Gasteiger partial charge in [-0.15, -0.1) is 6.42 Å². The first-order valence-corrected chi connectivity index (χ1v) is 22.0. The van der Waals surface area contributed by atoms with Gasteiger partial charge < -0.3 is 50.6 Å². The van der Waals surface area contributed by atoms with E-state index in [1.165, 1.54) is 4.90 Å². The van der Waals surface area contributed by atoms with Gasteiger partial charge in [-0.25, -0.2) is 14.1 Å². The van der Waals surface area contributed by atoms with Crippen LogP contribution in [-0.2, 0) is 33.2 Å². The second kappa shape index (κ2) is 27.8. The summed E-state index contributed by atoms with van der Waals surface area (Å²) in [6, 6.07) is 0.0511. The Hall–Kier alpha value is -4.77. The monoisotopic (exact) mass is 852 g/mol. The molecule has 2 rings (SSSR count). The van der Waals surface area contributed by atoms with Gasteiger partial charge in [-0.1, -0.05) is 12.3 Å². The van der Waals surface area contributed by atoms with Gasteiger partial charge >= 0.3 is 12.1 Å². The van der Waals surface area contributed by atoms with Crippen molar-refractivity contribution in [3.8, 4) is 18.4 Å². The number of piperazine rings is 1. The van der Waals surface area contributed by atoms with Gasteiger partial charge in [0.2, 0.25) is 43.0 Å². The number of terminal acetylenes is 1. The molecule has 1 aliphatic rings. The number of carbonyl (C=O) groups excluding carboxylic acids is 5. The maximum absolute atomic E-state index is 13.1. The SMILES string of the molecule is C#CCNC(=O)CCCCCNC(=O)OCCCN(C)C(=O)CCCCC(=O)NCCOCCOc1nc(N(C)CC(N)=O)nc(N2CCN(P(C)(=O)N(C)C)CC2)n1. The molecule has 0 saturated carbocycles. The molecule has 1 aromatic heterocycles. The zero-order valence-electron chi connectivity index (χ0n) is 35.4. The molecule has 59 heavy (non-hydrogen) atoms. The number of anilines is 2. The maximum atomic E-state index is 13.1. The van der Waals surface area contributed by atoms with Gasteiger partial charge in [-0.2, -0.15) is 15.0 Å². The molecule has 1 atom stereocenters. The highest BCUT2D eigenvalue weighted by Gasteiger charge is 2.32. The summed E-state index contributed by atoms with van der Waals surface area (Å²) in [6.07, 6.45) is 9.39. The van der Waals surface area contributed by atoms with Gasteiger partial charge in [-0.05, 0) is 46.2 Å². The minimum atomic E-state index is -2.63. The number of hydrogen-bond acceptors (Lipinski definition) is 14. The summed E-state index contributed by atoms with van der Waals surface area (Å²) in [7, 11) is 4.30. The van der Waals surface area contributed by atoms with Crippen molar-refractivity contribution >= 4 is 49.1 Å². The van der Waals surface area contributed by atoms with E-state index in [1.807, 2.05) is 9.57 Å². The van der Waals surface area contributed by atoms with E-state index in [1.54, 1.807) is 44.4 Å². The second-order valence-corrected chi connectivity index (χ2v) is 17.2. The summed E-state index contributed by atoms with van der Waals surface area (Å²) >= 11 is 0. The van der Waals surface area contributed by atoms with Gasteiger partial charge in [0.1, 0.15) is 6.61 Å². The van der Waals surface area contributed by atoms with Crippen molar-refractivity contribution in [2.45, 2.75) is 57.8 Å². The van der Waals surface area contributed by atoms with E-state index in [-0.39, 0.29) is 75.6 Å². The van der Waals surface area contributed by atoms with Crippen LogP contribution in [0.15, 0.2) is 0 Å². The van der Waals surface area contributed by atoms with Gasteiger partial charge in [0.05, 0.1) is 32.9 Å². The Morgan fingerprint density at radius 2 is 1.49 bits per heavy atom. The first kappa shape index (κ1) is 50.4. The molecule has 5 N–H and O–H groups in total. The zero-order valence-corrected chi connectivity index (χ0v) is 36.3. The number of nitrogens with two attached hydrogens (primary N) is 1. The van der Waals surface area contributed by atoms with Crippen LogP contribution >= 0.6 is 7.44 Å². The number of ether oxygens (including phenoxy) is 3. The molecule has 0 bridgehead atoms. The average Bonchev–Trinajstić information content (AvgIpc) is 3.20. The fraction of sp³-hybridized carbons (Fsp3) is 0.730. The van der Waals surface area contributed by atoms with Gasteiger partial charge in [0.15, 0.2) is 0 Å². The Kier molecular flexibility index (Phi) is 23.8. The molecule has 21 nitrogen and oxygen atoms in total. The number of alkyl carbamates (subject to hydrolysis) is 1. The molecular weight excluding hydrogens is 787 g/mol. The Balaban J connectivity index is 1.57. The molecule has 1 unspecified atom stereocenters. The highest BCUT2D eigenvalue weighted by molar-refractivity contribution is 7.58.